The zero-order chi connectivity index (χ0) is 22.5. The van der Waals surface area contributed by atoms with Gasteiger partial charge in [0.25, 0.3) is 5.88 Å². The summed E-state index contributed by atoms with van der Waals surface area (Å²) in [4.78, 5) is 24.2. The summed E-state index contributed by atoms with van der Waals surface area (Å²) in [6.07, 6.45) is 2.33. The number of piperazine rings is 1. The molecule has 0 atom stereocenters. The minimum Gasteiger partial charge on any atom is -0.468 e. The SMILES string of the molecule is CCc1ccc(F)c(NC(=O)N2CCN(c3nsnc3OCc3ccnc(N)n3)CC2)c1. The van der Waals surface area contributed by atoms with Crippen LogP contribution >= 0.6 is 11.7 Å². The van der Waals surface area contributed by atoms with Crippen molar-refractivity contribution >= 4 is 35.2 Å². The molecule has 3 heterocycles. The molecular weight excluding hydrogens is 435 g/mol. The van der Waals surface area contributed by atoms with Crippen molar-refractivity contribution < 1.29 is 13.9 Å². The molecule has 0 aliphatic carbocycles. The Morgan fingerprint density at radius 2 is 2.06 bits per heavy atom. The molecule has 1 saturated heterocycles. The van der Waals surface area contributed by atoms with Crippen LogP contribution in [0.25, 0.3) is 0 Å². The maximum Gasteiger partial charge on any atom is 0.322 e. The van der Waals surface area contributed by atoms with Crippen LogP contribution in [-0.4, -0.2) is 55.8 Å². The van der Waals surface area contributed by atoms with E-state index in [1.54, 1.807) is 29.3 Å². The van der Waals surface area contributed by atoms with Gasteiger partial charge in [-0.1, -0.05) is 13.0 Å². The lowest BCUT2D eigenvalue weighted by Crippen LogP contribution is -2.50. The van der Waals surface area contributed by atoms with E-state index in [2.05, 4.69) is 24.0 Å². The number of nitrogens with two attached hydrogens (primary N) is 1. The van der Waals surface area contributed by atoms with Crippen molar-refractivity contribution in [1.82, 2.24) is 23.6 Å². The summed E-state index contributed by atoms with van der Waals surface area (Å²) in [5.74, 6) is 0.760. The molecule has 0 bridgehead atoms. The van der Waals surface area contributed by atoms with Gasteiger partial charge in [0.05, 0.1) is 23.1 Å². The number of benzene rings is 1. The molecule has 168 valence electrons. The van der Waals surface area contributed by atoms with Crippen LogP contribution in [0.4, 0.5) is 26.6 Å². The highest BCUT2D eigenvalue weighted by Crippen LogP contribution is 2.27. The molecule has 4 rings (SSSR count). The van der Waals surface area contributed by atoms with Gasteiger partial charge in [0.2, 0.25) is 11.8 Å². The number of aromatic nitrogens is 4. The van der Waals surface area contributed by atoms with Crippen LogP contribution in [0.15, 0.2) is 30.5 Å². The molecule has 1 aliphatic rings. The van der Waals surface area contributed by atoms with E-state index in [1.807, 2.05) is 11.8 Å². The molecule has 10 nitrogen and oxygen atoms in total. The number of halogens is 1. The zero-order valence-electron chi connectivity index (χ0n) is 17.5. The number of hydrogen-bond acceptors (Lipinski definition) is 9. The summed E-state index contributed by atoms with van der Waals surface area (Å²) >= 11 is 1.05. The van der Waals surface area contributed by atoms with E-state index in [1.165, 1.54) is 6.07 Å². The minimum absolute atomic E-state index is 0.179. The predicted octanol–water partition coefficient (Wildman–Crippen LogP) is 2.54. The summed E-state index contributed by atoms with van der Waals surface area (Å²) in [5.41, 5.74) is 7.38. The van der Waals surface area contributed by atoms with E-state index in [0.29, 0.717) is 43.6 Å². The van der Waals surface area contributed by atoms with Crippen molar-refractivity contribution in [1.29, 1.82) is 0 Å². The van der Waals surface area contributed by atoms with Crippen molar-refractivity contribution in [3.63, 3.8) is 0 Å². The number of hydrogen-bond donors (Lipinski definition) is 2. The first-order valence-electron chi connectivity index (χ1n) is 10.2. The Labute approximate surface area is 188 Å². The van der Waals surface area contributed by atoms with Crippen molar-refractivity contribution in [3.8, 4) is 5.88 Å². The first-order chi connectivity index (χ1) is 15.5. The molecule has 0 spiro atoms. The number of urea groups is 1. The molecule has 3 N–H and O–H groups in total. The first-order valence-corrected chi connectivity index (χ1v) is 10.9. The van der Waals surface area contributed by atoms with Crippen LogP contribution in [0.2, 0.25) is 0 Å². The van der Waals surface area contributed by atoms with Crippen LogP contribution in [0.5, 0.6) is 5.88 Å². The molecule has 12 heteroatoms. The molecule has 0 radical (unpaired) electrons. The van der Waals surface area contributed by atoms with Gasteiger partial charge in [-0.25, -0.2) is 19.2 Å². The molecule has 0 unspecified atom stereocenters. The van der Waals surface area contributed by atoms with Gasteiger partial charge in [-0.05, 0) is 30.2 Å². The summed E-state index contributed by atoms with van der Waals surface area (Å²) in [6.45, 7) is 4.18. The fourth-order valence-corrected chi connectivity index (χ4v) is 3.82. The van der Waals surface area contributed by atoms with Crippen molar-refractivity contribution in [2.75, 3.05) is 42.1 Å². The lowest BCUT2D eigenvalue weighted by atomic mass is 10.1. The quantitative estimate of drug-likeness (QED) is 0.578. The number of ether oxygens (including phenoxy) is 1. The van der Waals surface area contributed by atoms with E-state index in [0.717, 1.165) is 23.7 Å². The van der Waals surface area contributed by atoms with E-state index in [-0.39, 0.29) is 24.3 Å². The number of rotatable bonds is 6. The topological polar surface area (TPSA) is 122 Å². The summed E-state index contributed by atoms with van der Waals surface area (Å²) in [6, 6.07) is 6.14. The Morgan fingerprint density at radius 3 is 2.81 bits per heavy atom. The van der Waals surface area contributed by atoms with Gasteiger partial charge in [0.1, 0.15) is 12.4 Å². The number of carbonyl (C=O) groups is 1. The second kappa shape index (κ2) is 9.73. The van der Waals surface area contributed by atoms with E-state index >= 15 is 0 Å². The standard InChI is InChI=1S/C20H23FN8O2S/c1-2-13-3-4-15(21)16(11-13)25-20(30)29-9-7-28(8-10-29)17-18(27-32-26-17)31-12-14-5-6-23-19(22)24-14/h3-6,11H,2,7-10,12H2,1H3,(H,25,30)(H2,22,23,24). The van der Waals surface area contributed by atoms with Gasteiger partial charge in [-0.15, -0.1) is 4.37 Å². The van der Waals surface area contributed by atoms with E-state index in [9.17, 15) is 9.18 Å². The Balaban J connectivity index is 1.33. The first kappa shape index (κ1) is 21.7. The average molecular weight is 459 g/mol. The lowest BCUT2D eigenvalue weighted by Gasteiger charge is -2.34. The Morgan fingerprint density at radius 1 is 1.25 bits per heavy atom. The fraction of sp³-hybridized carbons (Fsp3) is 0.350. The molecule has 2 amide bonds. The highest BCUT2D eigenvalue weighted by molar-refractivity contribution is 6.99. The normalized spacial score (nSPS) is 13.8. The zero-order valence-corrected chi connectivity index (χ0v) is 18.3. The van der Waals surface area contributed by atoms with E-state index in [4.69, 9.17) is 10.5 Å². The number of amides is 2. The smallest absolute Gasteiger partial charge is 0.322 e. The van der Waals surface area contributed by atoms with Gasteiger partial charge in [-0.2, -0.15) is 4.37 Å². The van der Waals surface area contributed by atoms with Gasteiger partial charge in [0, 0.05) is 32.4 Å². The fourth-order valence-electron chi connectivity index (χ4n) is 3.30. The summed E-state index contributed by atoms with van der Waals surface area (Å²) in [5, 5.41) is 2.68. The average Bonchev–Trinajstić information content (AvgIpc) is 3.28. The Kier molecular flexibility index (Phi) is 6.59. The molecular formula is C20H23FN8O2S. The Hall–Kier alpha value is -3.54. The van der Waals surface area contributed by atoms with Crippen LogP contribution in [0, 0.1) is 5.82 Å². The van der Waals surface area contributed by atoms with Crippen LogP contribution in [0.1, 0.15) is 18.2 Å². The summed E-state index contributed by atoms with van der Waals surface area (Å²) < 4.78 is 28.4. The van der Waals surface area contributed by atoms with Crippen molar-refractivity contribution in [3.05, 3.63) is 47.5 Å². The third-order valence-electron chi connectivity index (χ3n) is 5.08. The second-order valence-corrected chi connectivity index (χ2v) is 7.69. The largest absolute Gasteiger partial charge is 0.468 e. The number of nitrogens with one attached hydrogen (secondary N) is 1. The van der Waals surface area contributed by atoms with Crippen LogP contribution in [-0.2, 0) is 13.0 Å². The predicted molar refractivity (Wildman–Crippen MR) is 119 cm³/mol. The van der Waals surface area contributed by atoms with Crippen molar-refractivity contribution in [2.24, 2.45) is 0 Å². The number of nitrogens with zero attached hydrogens (tertiary/aromatic N) is 6. The summed E-state index contributed by atoms with van der Waals surface area (Å²) in [7, 11) is 0. The van der Waals surface area contributed by atoms with Gasteiger partial charge < -0.3 is 25.6 Å². The van der Waals surface area contributed by atoms with Gasteiger partial charge in [0.15, 0.2) is 0 Å². The third kappa shape index (κ3) is 5.02. The molecule has 3 aromatic rings. The lowest BCUT2D eigenvalue weighted by molar-refractivity contribution is 0.207. The number of aryl methyl sites for hydroxylation is 1. The Bertz CT molecular complexity index is 1090. The number of nitrogen functional groups attached to an aromatic ring is 1. The molecule has 1 fully saturated rings. The van der Waals surface area contributed by atoms with Gasteiger partial charge in [-0.3, -0.25) is 0 Å². The molecule has 1 aliphatic heterocycles. The maximum absolute atomic E-state index is 14.1. The highest BCUT2D eigenvalue weighted by Gasteiger charge is 2.26. The van der Waals surface area contributed by atoms with E-state index < -0.39 is 5.82 Å². The molecule has 2 aromatic heterocycles. The minimum atomic E-state index is -0.449. The van der Waals surface area contributed by atoms with Gasteiger partial charge >= 0.3 is 6.03 Å². The number of anilines is 3. The monoisotopic (exact) mass is 458 g/mol. The van der Waals surface area contributed by atoms with Crippen molar-refractivity contribution in [2.45, 2.75) is 20.0 Å². The number of carbonyl (C=O) groups excluding carboxylic acids is 1. The maximum atomic E-state index is 14.1. The molecule has 1 aromatic carbocycles. The third-order valence-corrected chi connectivity index (χ3v) is 5.58. The van der Waals surface area contributed by atoms with Crippen LogP contribution in [0.3, 0.4) is 0 Å². The molecule has 32 heavy (non-hydrogen) atoms. The van der Waals surface area contributed by atoms with Crippen LogP contribution < -0.4 is 20.7 Å². The highest BCUT2D eigenvalue weighted by atomic mass is 32.1. The molecule has 0 saturated carbocycles. The second-order valence-electron chi connectivity index (χ2n) is 7.16.